The van der Waals surface area contributed by atoms with Gasteiger partial charge in [-0.15, -0.1) is 0 Å². The predicted octanol–water partition coefficient (Wildman–Crippen LogP) is 3.18. The van der Waals surface area contributed by atoms with Crippen molar-refractivity contribution in [1.82, 2.24) is 24.5 Å². The van der Waals surface area contributed by atoms with Crippen LogP contribution in [0.25, 0.3) is 22.6 Å². The van der Waals surface area contributed by atoms with E-state index in [0.717, 1.165) is 34.8 Å². The van der Waals surface area contributed by atoms with Crippen LogP contribution in [-0.2, 0) is 6.54 Å². The Hall–Kier alpha value is -2.95. The van der Waals surface area contributed by atoms with E-state index in [-0.39, 0.29) is 0 Å². The summed E-state index contributed by atoms with van der Waals surface area (Å²) in [6.45, 7) is 2.74. The fraction of sp³-hybridized carbons (Fsp3) is 0.118. The first-order valence-corrected chi connectivity index (χ1v) is 7.17. The lowest BCUT2D eigenvalue weighted by molar-refractivity contribution is 0.804. The monoisotopic (exact) mass is 289 g/mol. The zero-order chi connectivity index (χ0) is 14.9. The molecule has 0 bridgehead atoms. The van der Waals surface area contributed by atoms with E-state index in [1.54, 1.807) is 6.33 Å². The van der Waals surface area contributed by atoms with Crippen molar-refractivity contribution in [3.63, 3.8) is 0 Å². The lowest BCUT2D eigenvalue weighted by Crippen LogP contribution is -2.02. The van der Waals surface area contributed by atoms with Crippen molar-refractivity contribution in [2.45, 2.75) is 13.5 Å². The minimum atomic E-state index is 0.750. The van der Waals surface area contributed by atoms with Gasteiger partial charge in [-0.1, -0.05) is 12.1 Å². The Morgan fingerprint density at radius 2 is 2.09 bits per heavy atom. The number of benzene rings is 1. The van der Waals surface area contributed by atoms with E-state index in [0.29, 0.717) is 0 Å². The first-order chi connectivity index (χ1) is 10.8. The van der Waals surface area contributed by atoms with Gasteiger partial charge in [0, 0.05) is 24.6 Å². The number of rotatable bonds is 3. The molecule has 22 heavy (non-hydrogen) atoms. The lowest BCUT2D eigenvalue weighted by Gasteiger charge is -2.08. The molecule has 0 fully saturated rings. The Bertz CT molecular complexity index is 935. The molecule has 0 atom stereocenters. The van der Waals surface area contributed by atoms with Crippen molar-refractivity contribution >= 4 is 11.0 Å². The Morgan fingerprint density at radius 3 is 3.00 bits per heavy atom. The fourth-order valence-corrected chi connectivity index (χ4v) is 2.62. The fourth-order valence-electron chi connectivity index (χ4n) is 2.62. The van der Waals surface area contributed by atoms with Crippen molar-refractivity contribution in [2.75, 3.05) is 0 Å². The van der Waals surface area contributed by atoms with Crippen LogP contribution in [0, 0.1) is 6.92 Å². The van der Waals surface area contributed by atoms with E-state index >= 15 is 0 Å². The number of aromatic amines is 1. The highest BCUT2D eigenvalue weighted by molar-refractivity contribution is 5.75. The molecular weight excluding hydrogens is 274 g/mol. The quantitative estimate of drug-likeness (QED) is 0.630. The molecule has 0 spiro atoms. The highest BCUT2D eigenvalue weighted by Gasteiger charge is 2.08. The molecule has 0 aliphatic heterocycles. The van der Waals surface area contributed by atoms with E-state index in [1.165, 1.54) is 5.56 Å². The maximum absolute atomic E-state index is 4.56. The Kier molecular flexibility index (Phi) is 2.96. The molecular formula is C17H15N5. The molecule has 4 rings (SSSR count). The summed E-state index contributed by atoms with van der Waals surface area (Å²) in [6, 6.07) is 12.2. The third-order valence-electron chi connectivity index (χ3n) is 3.67. The summed E-state index contributed by atoms with van der Waals surface area (Å²) in [4.78, 5) is 16.4. The first-order valence-electron chi connectivity index (χ1n) is 7.17. The van der Waals surface area contributed by atoms with Gasteiger partial charge in [0.25, 0.3) is 0 Å². The summed E-state index contributed by atoms with van der Waals surface area (Å²) in [5.41, 5.74) is 5.12. The van der Waals surface area contributed by atoms with Gasteiger partial charge in [-0.3, -0.25) is 0 Å². The minimum absolute atomic E-state index is 0.750. The molecule has 1 N–H and O–H groups in total. The molecule has 1 aromatic carbocycles. The zero-order valence-electron chi connectivity index (χ0n) is 12.2. The molecule has 0 aliphatic rings. The minimum Gasteiger partial charge on any atom is -0.345 e. The Balaban J connectivity index is 1.70. The zero-order valence-corrected chi connectivity index (χ0v) is 12.2. The second kappa shape index (κ2) is 5.11. The van der Waals surface area contributed by atoms with Crippen LogP contribution in [0.3, 0.4) is 0 Å². The molecule has 4 aromatic rings. The smallest absolute Gasteiger partial charge is 0.158 e. The van der Waals surface area contributed by atoms with Crippen molar-refractivity contribution in [2.24, 2.45) is 0 Å². The van der Waals surface area contributed by atoms with Crippen LogP contribution in [0.1, 0.15) is 11.3 Å². The maximum atomic E-state index is 4.56. The molecule has 108 valence electrons. The average molecular weight is 289 g/mol. The van der Waals surface area contributed by atoms with Gasteiger partial charge in [0.1, 0.15) is 5.69 Å². The highest BCUT2D eigenvalue weighted by Crippen LogP contribution is 2.18. The molecule has 0 amide bonds. The Labute approximate surface area is 127 Å². The summed E-state index contributed by atoms with van der Waals surface area (Å²) in [5, 5.41) is 0. The van der Waals surface area contributed by atoms with Gasteiger partial charge in [-0.05, 0) is 36.8 Å². The van der Waals surface area contributed by atoms with Crippen molar-refractivity contribution in [3.8, 4) is 11.5 Å². The lowest BCUT2D eigenvalue weighted by atomic mass is 10.2. The molecule has 3 heterocycles. The number of aryl methyl sites for hydroxylation is 1. The van der Waals surface area contributed by atoms with E-state index < -0.39 is 0 Å². The standard InChI is InChI=1S/C17H15N5/c1-12-3-2-4-15(21-12)17-18-7-8-22(17)10-13-5-6-14-16(9-13)20-11-19-14/h2-9,11H,10H2,1H3,(H,19,20). The van der Waals surface area contributed by atoms with Gasteiger partial charge in [-0.25, -0.2) is 15.0 Å². The molecule has 5 heteroatoms. The van der Waals surface area contributed by atoms with Gasteiger partial charge in [0.05, 0.1) is 17.4 Å². The molecule has 3 aromatic heterocycles. The third-order valence-corrected chi connectivity index (χ3v) is 3.67. The predicted molar refractivity (Wildman–Crippen MR) is 85.4 cm³/mol. The van der Waals surface area contributed by atoms with E-state index in [9.17, 15) is 0 Å². The van der Waals surface area contributed by atoms with E-state index in [2.05, 4.69) is 36.6 Å². The van der Waals surface area contributed by atoms with Gasteiger partial charge < -0.3 is 9.55 Å². The summed E-state index contributed by atoms with van der Waals surface area (Å²) in [6.07, 6.45) is 5.51. The molecule has 0 aliphatic carbocycles. The van der Waals surface area contributed by atoms with Gasteiger partial charge in [0.15, 0.2) is 5.82 Å². The molecule has 0 unspecified atom stereocenters. The van der Waals surface area contributed by atoms with Crippen molar-refractivity contribution < 1.29 is 0 Å². The third kappa shape index (κ3) is 2.26. The molecule has 5 nitrogen and oxygen atoms in total. The number of H-pyrrole nitrogens is 1. The SMILES string of the molecule is Cc1cccc(-c2nccn2Cc2ccc3nc[nH]c3c2)n1. The van der Waals surface area contributed by atoms with Gasteiger partial charge in [0.2, 0.25) is 0 Å². The van der Waals surface area contributed by atoms with E-state index in [4.69, 9.17) is 0 Å². The summed E-state index contributed by atoms with van der Waals surface area (Å²) in [7, 11) is 0. The molecule has 0 saturated carbocycles. The van der Waals surface area contributed by atoms with Crippen LogP contribution >= 0.6 is 0 Å². The number of hydrogen-bond acceptors (Lipinski definition) is 3. The van der Waals surface area contributed by atoms with Crippen molar-refractivity contribution in [3.05, 3.63) is 66.4 Å². The Morgan fingerprint density at radius 1 is 1.14 bits per heavy atom. The van der Waals surface area contributed by atoms with Crippen LogP contribution in [-0.4, -0.2) is 24.5 Å². The number of hydrogen-bond donors (Lipinski definition) is 1. The number of fused-ring (bicyclic) bond motifs is 1. The number of nitrogens with one attached hydrogen (secondary N) is 1. The number of aromatic nitrogens is 5. The molecule has 0 saturated heterocycles. The van der Waals surface area contributed by atoms with Crippen LogP contribution < -0.4 is 0 Å². The van der Waals surface area contributed by atoms with Crippen molar-refractivity contribution in [1.29, 1.82) is 0 Å². The van der Waals surface area contributed by atoms with Crippen LogP contribution in [0.4, 0.5) is 0 Å². The van der Waals surface area contributed by atoms with E-state index in [1.807, 2.05) is 43.6 Å². The normalized spacial score (nSPS) is 11.1. The number of imidazole rings is 2. The van der Waals surface area contributed by atoms with Crippen LogP contribution in [0.15, 0.2) is 55.1 Å². The average Bonchev–Trinajstić information content (AvgIpc) is 3.15. The highest BCUT2D eigenvalue weighted by atomic mass is 15.1. The topological polar surface area (TPSA) is 59.4 Å². The van der Waals surface area contributed by atoms with Gasteiger partial charge >= 0.3 is 0 Å². The van der Waals surface area contributed by atoms with Crippen LogP contribution in [0.5, 0.6) is 0 Å². The first kappa shape index (κ1) is 12.8. The summed E-state index contributed by atoms with van der Waals surface area (Å²) >= 11 is 0. The largest absolute Gasteiger partial charge is 0.345 e. The maximum Gasteiger partial charge on any atom is 0.158 e. The summed E-state index contributed by atoms with van der Waals surface area (Å²) < 4.78 is 2.11. The second-order valence-corrected chi connectivity index (χ2v) is 5.30. The number of pyridine rings is 1. The second-order valence-electron chi connectivity index (χ2n) is 5.30. The molecule has 0 radical (unpaired) electrons. The summed E-state index contributed by atoms with van der Waals surface area (Å²) in [5.74, 6) is 0.883. The number of nitrogens with zero attached hydrogens (tertiary/aromatic N) is 4. The van der Waals surface area contributed by atoms with Gasteiger partial charge in [-0.2, -0.15) is 0 Å². The van der Waals surface area contributed by atoms with Crippen LogP contribution in [0.2, 0.25) is 0 Å².